The van der Waals surface area contributed by atoms with Crippen LogP contribution in [0, 0.1) is 5.92 Å². The Morgan fingerprint density at radius 3 is 2.30 bits per heavy atom. The van der Waals surface area contributed by atoms with Gasteiger partial charge in [-0.3, -0.25) is 14.4 Å². The van der Waals surface area contributed by atoms with Crippen molar-refractivity contribution in [1.82, 2.24) is 30.9 Å². The van der Waals surface area contributed by atoms with E-state index in [2.05, 4.69) is 30.9 Å². The number of carbonyl (C=O) groups excluding carboxylic acids is 3. The molecule has 0 radical (unpaired) electrons. The first-order valence-electron chi connectivity index (χ1n) is 13.1. The number of aromatic amines is 2. The van der Waals surface area contributed by atoms with E-state index in [1.165, 1.54) is 19.4 Å². The molecule has 9 N–H and O–H groups in total. The number of aromatic nitrogens is 3. The number of aliphatic carboxylic acids is 1. The average molecular weight is 556 g/mol. The van der Waals surface area contributed by atoms with Crippen LogP contribution >= 0.6 is 0 Å². The van der Waals surface area contributed by atoms with Gasteiger partial charge in [0, 0.05) is 35.4 Å². The fraction of sp³-hybridized carbons (Fsp3) is 0.444. The van der Waals surface area contributed by atoms with Crippen molar-refractivity contribution in [2.24, 2.45) is 11.7 Å². The SMILES string of the molecule is CCC(C)C(NC(=O)C(NC(=O)C(Cc1cnc[nH]1)NC(=O)C(N)Cc1c[nH]c2ccccc12)C(C)O)C(=O)O. The monoisotopic (exact) mass is 555 g/mol. The molecule has 40 heavy (non-hydrogen) atoms. The number of fused-ring (bicyclic) bond motifs is 1. The molecule has 2 heterocycles. The van der Waals surface area contributed by atoms with Crippen molar-refractivity contribution in [1.29, 1.82) is 0 Å². The Balaban J connectivity index is 1.74. The molecule has 3 aromatic rings. The van der Waals surface area contributed by atoms with Gasteiger partial charge >= 0.3 is 5.97 Å². The summed E-state index contributed by atoms with van der Waals surface area (Å²) in [5.41, 5.74) is 8.49. The van der Waals surface area contributed by atoms with Crippen LogP contribution in [-0.2, 0) is 32.0 Å². The number of carbonyl (C=O) groups is 4. The maximum atomic E-state index is 13.3. The molecule has 13 nitrogen and oxygen atoms in total. The van der Waals surface area contributed by atoms with E-state index in [1.807, 2.05) is 24.3 Å². The third kappa shape index (κ3) is 7.67. The quantitative estimate of drug-likeness (QED) is 0.135. The lowest BCUT2D eigenvalue weighted by molar-refractivity contribution is -0.144. The standard InChI is InChI=1S/C27H37N7O6/c1-4-14(2)22(27(39)40)33-26(38)23(15(3)35)34-25(37)21(10-17-12-29-13-31-17)32-24(36)19(28)9-16-11-30-20-8-6-5-7-18(16)20/h5-8,11-15,19,21-23,30,35H,4,9-10,28H2,1-3H3,(H,29,31)(H,32,36)(H,33,38)(H,34,37)(H,39,40). The highest BCUT2D eigenvalue weighted by Gasteiger charge is 2.34. The lowest BCUT2D eigenvalue weighted by Gasteiger charge is -2.27. The normalized spacial score (nSPS) is 15.8. The zero-order valence-electron chi connectivity index (χ0n) is 22.7. The molecule has 6 unspecified atom stereocenters. The number of aliphatic hydroxyl groups excluding tert-OH is 1. The molecular weight excluding hydrogens is 518 g/mol. The van der Waals surface area contributed by atoms with Crippen molar-refractivity contribution in [3.63, 3.8) is 0 Å². The first-order valence-corrected chi connectivity index (χ1v) is 13.1. The number of hydrogen-bond donors (Lipinski definition) is 8. The zero-order valence-corrected chi connectivity index (χ0v) is 22.7. The second-order valence-corrected chi connectivity index (χ2v) is 9.95. The molecule has 3 amide bonds. The van der Waals surface area contributed by atoms with Crippen LogP contribution in [0.5, 0.6) is 0 Å². The first kappa shape index (κ1) is 30.3. The van der Waals surface area contributed by atoms with E-state index < -0.39 is 59.9 Å². The second kappa shape index (κ2) is 13.7. The number of imidazole rings is 1. The number of hydrogen-bond acceptors (Lipinski definition) is 7. The van der Waals surface area contributed by atoms with E-state index in [0.29, 0.717) is 12.1 Å². The van der Waals surface area contributed by atoms with Crippen LogP contribution in [0.2, 0.25) is 0 Å². The number of amides is 3. The highest BCUT2D eigenvalue weighted by atomic mass is 16.4. The van der Waals surface area contributed by atoms with Gasteiger partial charge in [-0.2, -0.15) is 0 Å². The van der Waals surface area contributed by atoms with Gasteiger partial charge < -0.3 is 41.9 Å². The van der Waals surface area contributed by atoms with Crippen molar-refractivity contribution in [3.8, 4) is 0 Å². The molecule has 0 spiro atoms. The van der Waals surface area contributed by atoms with Gasteiger partial charge in [0.25, 0.3) is 0 Å². The summed E-state index contributed by atoms with van der Waals surface area (Å²) in [4.78, 5) is 61.0. The Morgan fingerprint density at radius 1 is 0.975 bits per heavy atom. The van der Waals surface area contributed by atoms with Gasteiger partial charge in [0.1, 0.15) is 18.1 Å². The summed E-state index contributed by atoms with van der Waals surface area (Å²) in [5.74, 6) is -3.84. The van der Waals surface area contributed by atoms with Crippen LogP contribution in [-0.4, -0.2) is 79.1 Å². The molecule has 13 heteroatoms. The third-order valence-electron chi connectivity index (χ3n) is 6.90. The number of nitrogens with zero attached hydrogens (tertiary/aromatic N) is 1. The maximum Gasteiger partial charge on any atom is 0.326 e. The van der Waals surface area contributed by atoms with Crippen LogP contribution in [0.25, 0.3) is 10.9 Å². The number of carboxylic acid groups (broad SMARTS) is 1. The highest BCUT2D eigenvalue weighted by molar-refractivity contribution is 5.94. The van der Waals surface area contributed by atoms with E-state index >= 15 is 0 Å². The molecule has 1 aromatic carbocycles. The van der Waals surface area contributed by atoms with Crippen molar-refractivity contribution < 1.29 is 29.4 Å². The predicted molar refractivity (Wildman–Crippen MR) is 147 cm³/mol. The Bertz CT molecular complexity index is 1310. The summed E-state index contributed by atoms with van der Waals surface area (Å²) in [5, 5.41) is 28.2. The second-order valence-electron chi connectivity index (χ2n) is 9.95. The predicted octanol–water partition coefficient (Wildman–Crippen LogP) is -0.0306. The number of carboxylic acids is 1. The largest absolute Gasteiger partial charge is 0.480 e. The lowest BCUT2D eigenvalue weighted by Crippen LogP contribution is -2.60. The van der Waals surface area contributed by atoms with Gasteiger partial charge in [0.2, 0.25) is 17.7 Å². The average Bonchev–Trinajstić information content (AvgIpc) is 3.59. The molecule has 2 aromatic heterocycles. The molecular formula is C27H37N7O6. The van der Waals surface area contributed by atoms with E-state index in [9.17, 15) is 29.4 Å². The summed E-state index contributed by atoms with van der Waals surface area (Å²) in [6, 6.07) is 2.74. The van der Waals surface area contributed by atoms with Crippen molar-refractivity contribution >= 4 is 34.6 Å². The van der Waals surface area contributed by atoms with Gasteiger partial charge in [-0.05, 0) is 30.9 Å². The third-order valence-corrected chi connectivity index (χ3v) is 6.90. The van der Waals surface area contributed by atoms with Gasteiger partial charge in [0.05, 0.1) is 18.5 Å². The molecule has 0 aliphatic rings. The molecule has 0 fully saturated rings. The van der Waals surface area contributed by atoms with Crippen LogP contribution in [0.1, 0.15) is 38.4 Å². The fourth-order valence-electron chi connectivity index (χ4n) is 4.32. The minimum Gasteiger partial charge on any atom is -0.480 e. The number of nitrogens with two attached hydrogens (primary N) is 1. The summed E-state index contributed by atoms with van der Waals surface area (Å²) >= 11 is 0. The summed E-state index contributed by atoms with van der Waals surface area (Å²) < 4.78 is 0. The number of para-hydroxylation sites is 1. The Hall–Kier alpha value is -4.23. The van der Waals surface area contributed by atoms with E-state index in [-0.39, 0.29) is 12.8 Å². The Morgan fingerprint density at radius 2 is 1.68 bits per heavy atom. The number of nitrogens with one attached hydrogen (secondary N) is 5. The van der Waals surface area contributed by atoms with Gasteiger partial charge in [-0.1, -0.05) is 38.5 Å². The lowest BCUT2D eigenvalue weighted by atomic mass is 9.98. The van der Waals surface area contributed by atoms with Crippen LogP contribution < -0.4 is 21.7 Å². The fourth-order valence-corrected chi connectivity index (χ4v) is 4.32. The van der Waals surface area contributed by atoms with Gasteiger partial charge in [-0.25, -0.2) is 9.78 Å². The number of benzene rings is 1. The topological polar surface area (TPSA) is 215 Å². The first-order chi connectivity index (χ1) is 19.0. The molecule has 0 aliphatic carbocycles. The molecule has 0 aliphatic heterocycles. The molecule has 216 valence electrons. The van der Waals surface area contributed by atoms with Crippen LogP contribution in [0.4, 0.5) is 0 Å². The van der Waals surface area contributed by atoms with Crippen molar-refractivity contribution in [3.05, 3.63) is 54.2 Å². The number of H-pyrrole nitrogens is 2. The molecule has 3 rings (SSSR count). The number of rotatable bonds is 14. The van der Waals surface area contributed by atoms with Gasteiger partial charge in [-0.15, -0.1) is 0 Å². The zero-order chi connectivity index (χ0) is 29.4. The summed E-state index contributed by atoms with van der Waals surface area (Å²) in [6.07, 6.45) is 4.02. The Labute approximate surface area is 231 Å². The van der Waals surface area contributed by atoms with Gasteiger partial charge in [0.15, 0.2) is 0 Å². The minimum absolute atomic E-state index is 0.00382. The molecule has 0 saturated heterocycles. The van der Waals surface area contributed by atoms with Crippen LogP contribution in [0.15, 0.2) is 43.0 Å². The number of aliphatic hydroxyl groups is 1. The van der Waals surface area contributed by atoms with Crippen molar-refractivity contribution in [2.75, 3.05) is 0 Å². The van der Waals surface area contributed by atoms with Crippen LogP contribution in [0.3, 0.4) is 0 Å². The van der Waals surface area contributed by atoms with E-state index in [4.69, 9.17) is 5.73 Å². The molecule has 0 saturated carbocycles. The highest BCUT2D eigenvalue weighted by Crippen LogP contribution is 2.19. The van der Waals surface area contributed by atoms with Crippen molar-refractivity contribution in [2.45, 2.75) is 70.3 Å². The van der Waals surface area contributed by atoms with E-state index in [1.54, 1.807) is 20.0 Å². The smallest absolute Gasteiger partial charge is 0.326 e. The summed E-state index contributed by atoms with van der Waals surface area (Å²) in [7, 11) is 0. The molecule has 0 bridgehead atoms. The van der Waals surface area contributed by atoms with E-state index in [0.717, 1.165) is 16.5 Å². The molecule has 6 atom stereocenters. The Kier molecular flexibility index (Phi) is 10.4. The minimum atomic E-state index is -1.47. The summed E-state index contributed by atoms with van der Waals surface area (Å²) in [6.45, 7) is 4.75. The maximum absolute atomic E-state index is 13.3.